The molecule has 144 valence electrons. The van der Waals surface area contributed by atoms with Crippen molar-refractivity contribution in [1.29, 1.82) is 0 Å². The number of rotatable bonds is 5. The Balaban J connectivity index is 1.59. The average molecular weight is 363 g/mol. The van der Waals surface area contributed by atoms with Crippen LogP contribution in [0, 0.1) is 0 Å². The molecule has 1 aromatic heterocycles. The van der Waals surface area contributed by atoms with E-state index in [-0.39, 0.29) is 23.7 Å². The van der Waals surface area contributed by atoms with Crippen molar-refractivity contribution in [3.63, 3.8) is 0 Å². The Morgan fingerprint density at radius 3 is 2.31 bits per heavy atom. The van der Waals surface area contributed by atoms with Crippen molar-refractivity contribution in [2.75, 3.05) is 19.6 Å². The standard InChI is InChI=1S/C18H29N5O3/c1-4-23-9-7-12(8-10-23)19-13-5-6-14(13)20-17(25)15-11-16(24)22(3)18(26)21(15)2/h11-14,19H,4-10H2,1-3H3,(H,20,25)/t13-,14+/m1/s1. The zero-order valence-electron chi connectivity index (χ0n) is 15.8. The van der Waals surface area contributed by atoms with Gasteiger partial charge in [0.15, 0.2) is 0 Å². The second-order valence-corrected chi connectivity index (χ2v) is 7.41. The van der Waals surface area contributed by atoms with Gasteiger partial charge in [0.25, 0.3) is 11.5 Å². The third-order valence-corrected chi connectivity index (χ3v) is 5.83. The molecule has 0 spiro atoms. The largest absolute Gasteiger partial charge is 0.346 e. The maximum absolute atomic E-state index is 12.6. The smallest absolute Gasteiger partial charge is 0.331 e. The number of amides is 1. The third-order valence-electron chi connectivity index (χ3n) is 5.83. The van der Waals surface area contributed by atoms with Gasteiger partial charge in [-0.15, -0.1) is 0 Å². The van der Waals surface area contributed by atoms with Crippen molar-refractivity contribution < 1.29 is 4.79 Å². The van der Waals surface area contributed by atoms with Gasteiger partial charge in [-0.1, -0.05) is 6.92 Å². The lowest BCUT2D eigenvalue weighted by atomic mass is 9.85. The zero-order valence-corrected chi connectivity index (χ0v) is 15.8. The molecule has 26 heavy (non-hydrogen) atoms. The van der Waals surface area contributed by atoms with Crippen LogP contribution >= 0.6 is 0 Å². The Bertz CT molecular complexity index is 776. The molecule has 0 bridgehead atoms. The molecule has 1 saturated carbocycles. The first-order valence-corrected chi connectivity index (χ1v) is 9.47. The number of nitrogens with zero attached hydrogens (tertiary/aromatic N) is 3. The van der Waals surface area contributed by atoms with Crippen LogP contribution in [-0.2, 0) is 14.1 Å². The van der Waals surface area contributed by atoms with Gasteiger partial charge in [-0.05, 0) is 45.3 Å². The topological polar surface area (TPSA) is 88.4 Å². The van der Waals surface area contributed by atoms with Crippen LogP contribution in [0.4, 0.5) is 0 Å². The number of hydrogen-bond donors (Lipinski definition) is 2. The molecule has 1 aliphatic carbocycles. The Morgan fingerprint density at radius 1 is 1.08 bits per heavy atom. The predicted octanol–water partition coefficient (Wildman–Crippen LogP) is -0.581. The molecule has 8 nitrogen and oxygen atoms in total. The predicted molar refractivity (Wildman–Crippen MR) is 99.5 cm³/mol. The number of hydrogen-bond acceptors (Lipinski definition) is 5. The summed E-state index contributed by atoms with van der Waals surface area (Å²) in [6.45, 7) is 5.53. The summed E-state index contributed by atoms with van der Waals surface area (Å²) in [6, 6.07) is 2.03. The summed E-state index contributed by atoms with van der Waals surface area (Å²) in [7, 11) is 2.91. The van der Waals surface area contributed by atoms with Crippen LogP contribution in [0.2, 0.25) is 0 Å². The minimum absolute atomic E-state index is 0.0471. The van der Waals surface area contributed by atoms with Gasteiger partial charge in [-0.2, -0.15) is 0 Å². The number of likely N-dealkylation sites (tertiary alicyclic amines) is 1. The Kier molecular flexibility index (Phi) is 5.62. The quantitative estimate of drug-likeness (QED) is 0.731. The van der Waals surface area contributed by atoms with Crippen LogP contribution in [0.1, 0.15) is 43.1 Å². The molecule has 8 heteroatoms. The summed E-state index contributed by atoms with van der Waals surface area (Å²) < 4.78 is 2.21. The van der Waals surface area contributed by atoms with E-state index in [1.54, 1.807) is 0 Å². The van der Waals surface area contributed by atoms with E-state index in [0.717, 1.165) is 49.9 Å². The van der Waals surface area contributed by atoms with Crippen LogP contribution in [-0.4, -0.2) is 57.7 Å². The number of carbonyl (C=O) groups is 1. The molecule has 0 radical (unpaired) electrons. The van der Waals surface area contributed by atoms with E-state index in [0.29, 0.717) is 6.04 Å². The lowest BCUT2D eigenvalue weighted by molar-refractivity contribution is 0.0869. The molecule has 0 aromatic carbocycles. The van der Waals surface area contributed by atoms with Gasteiger partial charge in [0.05, 0.1) is 0 Å². The third kappa shape index (κ3) is 3.76. The van der Waals surface area contributed by atoms with E-state index in [1.165, 1.54) is 24.7 Å². The number of aromatic nitrogens is 2. The second kappa shape index (κ2) is 7.75. The number of nitrogens with one attached hydrogen (secondary N) is 2. The van der Waals surface area contributed by atoms with Crippen molar-refractivity contribution >= 4 is 5.91 Å². The molecular weight excluding hydrogens is 334 g/mol. The van der Waals surface area contributed by atoms with Crippen molar-refractivity contribution in [1.82, 2.24) is 24.7 Å². The van der Waals surface area contributed by atoms with Crippen molar-refractivity contribution in [3.8, 4) is 0 Å². The fourth-order valence-corrected chi connectivity index (χ4v) is 3.78. The molecule has 2 fully saturated rings. The van der Waals surface area contributed by atoms with E-state index >= 15 is 0 Å². The van der Waals surface area contributed by atoms with Crippen molar-refractivity contribution in [2.24, 2.45) is 14.1 Å². The van der Waals surface area contributed by atoms with Crippen LogP contribution < -0.4 is 21.9 Å². The van der Waals surface area contributed by atoms with E-state index in [1.807, 2.05) is 0 Å². The monoisotopic (exact) mass is 363 g/mol. The van der Waals surface area contributed by atoms with Crippen molar-refractivity contribution in [2.45, 2.75) is 50.7 Å². The minimum atomic E-state index is -0.492. The first-order chi connectivity index (χ1) is 12.4. The van der Waals surface area contributed by atoms with E-state index in [4.69, 9.17) is 0 Å². The lowest BCUT2D eigenvalue weighted by Crippen LogP contribution is -2.60. The summed E-state index contributed by atoms with van der Waals surface area (Å²) >= 11 is 0. The molecule has 2 N–H and O–H groups in total. The normalized spacial score (nSPS) is 24.3. The number of piperidine rings is 1. The Hall–Kier alpha value is -1.93. The summed E-state index contributed by atoms with van der Waals surface area (Å²) in [4.78, 5) is 38.8. The Labute approximate surface area is 153 Å². The maximum Gasteiger partial charge on any atom is 0.331 e. The molecule has 2 atom stereocenters. The molecular formula is C18H29N5O3. The molecule has 0 unspecified atom stereocenters. The van der Waals surface area contributed by atoms with Gasteiger partial charge in [0.2, 0.25) is 0 Å². The van der Waals surface area contributed by atoms with E-state index in [2.05, 4.69) is 22.5 Å². The van der Waals surface area contributed by atoms with Gasteiger partial charge in [0.1, 0.15) is 5.69 Å². The van der Waals surface area contributed by atoms with Gasteiger partial charge >= 0.3 is 5.69 Å². The highest BCUT2D eigenvalue weighted by Crippen LogP contribution is 2.23. The molecule has 1 aromatic rings. The molecule has 1 saturated heterocycles. The molecule has 3 rings (SSSR count). The van der Waals surface area contributed by atoms with E-state index < -0.39 is 11.2 Å². The van der Waals surface area contributed by atoms with Gasteiger partial charge in [-0.25, -0.2) is 4.79 Å². The number of carbonyl (C=O) groups excluding carboxylic acids is 1. The highest BCUT2D eigenvalue weighted by Gasteiger charge is 2.34. The summed E-state index contributed by atoms with van der Waals surface area (Å²) in [5.41, 5.74) is -0.849. The maximum atomic E-state index is 12.6. The second-order valence-electron chi connectivity index (χ2n) is 7.41. The zero-order chi connectivity index (χ0) is 18.8. The molecule has 1 amide bonds. The van der Waals surface area contributed by atoms with Crippen molar-refractivity contribution in [3.05, 3.63) is 32.6 Å². The molecule has 1 aliphatic heterocycles. The first kappa shape index (κ1) is 18.8. The van der Waals surface area contributed by atoms with Gasteiger partial charge in [-0.3, -0.25) is 18.7 Å². The van der Waals surface area contributed by atoms with Crippen LogP contribution in [0.5, 0.6) is 0 Å². The highest BCUT2D eigenvalue weighted by atomic mass is 16.2. The lowest BCUT2D eigenvalue weighted by Gasteiger charge is -2.42. The fraction of sp³-hybridized carbons (Fsp3) is 0.722. The molecule has 2 heterocycles. The van der Waals surface area contributed by atoms with Crippen LogP contribution in [0.25, 0.3) is 0 Å². The van der Waals surface area contributed by atoms with Crippen LogP contribution in [0.15, 0.2) is 15.7 Å². The summed E-state index contributed by atoms with van der Waals surface area (Å²) in [5.74, 6) is -0.361. The summed E-state index contributed by atoms with van der Waals surface area (Å²) in [5, 5.41) is 6.66. The summed E-state index contributed by atoms with van der Waals surface area (Å²) in [6.07, 6.45) is 4.22. The minimum Gasteiger partial charge on any atom is -0.346 e. The van der Waals surface area contributed by atoms with Gasteiger partial charge < -0.3 is 15.5 Å². The Morgan fingerprint density at radius 2 is 1.73 bits per heavy atom. The fourth-order valence-electron chi connectivity index (χ4n) is 3.78. The average Bonchev–Trinajstić information content (AvgIpc) is 2.64. The van der Waals surface area contributed by atoms with Crippen LogP contribution in [0.3, 0.4) is 0 Å². The first-order valence-electron chi connectivity index (χ1n) is 9.47. The highest BCUT2D eigenvalue weighted by molar-refractivity contribution is 5.92. The SMILES string of the molecule is CCN1CCC(N[C@@H]2CC[C@@H]2NC(=O)c2cc(=O)n(C)c(=O)n2C)CC1. The van der Waals surface area contributed by atoms with Gasteiger partial charge in [0, 0.05) is 38.3 Å². The van der Waals surface area contributed by atoms with E-state index in [9.17, 15) is 14.4 Å². The molecule has 2 aliphatic rings.